The highest BCUT2D eigenvalue weighted by Crippen LogP contribution is 2.43. The first-order chi connectivity index (χ1) is 29.7. The Kier molecular flexibility index (Phi) is 43.9. The Labute approximate surface area is 372 Å². The molecule has 0 aliphatic rings. The van der Waals surface area contributed by atoms with Crippen molar-refractivity contribution in [2.45, 2.75) is 219 Å². The van der Waals surface area contributed by atoms with Crippen molar-refractivity contribution in [3.63, 3.8) is 0 Å². The Bertz CT molecular complexity index is 1200. The van der Waals surface area contributed by atoms with E-state index < -0.39 is 51.8 Å². The number of unbranched alkanes of at least 4 members (excludes halogenated alkanes) is 21. The lowest BCUT2D eigenvalue weighted by Gasteiger charge is -2.20. The Morgan fingerprint density at radius 3 is 1.38 bits per heavy atom. The summed E-state index contributed by atoms with van der Waals surface area (Å²) in [7, 11) is -4.63. The molecule has 3 N–H and O–H groups in total. The third kappa shape index (κ3) is 45.5. The highest BCUT2D eigenvalue weighted by molar-refractivity contribution is 7.47. The Morgan fingerprint density at radius 1 is 0.508 bits per heavy atom. The van der Waals surface area contributed by atoms with E-state index in [9.17, 15) is 24.2 Å². The van der Waals surface area contributed by atoms with Crippen molar-refractivity contribution in [2.24, 2.45) is 0 Å². The van der Waals surface area contributed by atoms with E-state index in [4.69, 9.17) is 23.6 Å². The molecule has 0 fully saturated rings. The number of esters is 2. The van der Waals surface area contributed by atoms with Crippen LogP contribution in [0.15, 0.2) is 60.8 Å². The fourth-order valence-corrected chi connectivity index (χ4v) is 7.24. The fraction of sp³-hybridized carbons (Fsp3) is 0.760. The van der Waals surface area contributed by atoms with Crippen LogP contribution in [0.4, 0.5) is 0 Å². The number of aliphatic hydroxyl groups is 2. The molecule has 354 valence electrons. The van der Waals surface area contributed by atoms with Gasteiger partial charge < -0.3 is 24.6 Å². The molecule has 0 aliphatic carbocycles. The van der Waals surface area contributed by atoms with Gasteiger partial charge in [0.05, 0.1) is 19.8 Å². The molecular formula is C50H89O10P. The van der Waals surface area contributed by atoms with Crippen LogP contribution in [0.5, 0.6) is 0 Å². The molecule has 0 bridgehead atoms. The predicted octanol–water partition coefficient (Wildman–Crippen LogP) is 13.5. The number of carbonyl (C=O) groups is 2. The maximum absolute atomic E-state index is 12.6. The topological polar surface area (TPSA) is 149 Å². The monoisotopic (exact) mass is 881 g/mol. The molecule has 0 aromatic heterocycles. The number of hydrogen-bond donors (Lipinski definition) is 3. The van der Waals surface area contributed by atoms with Crippen molar-refractivity contribution < 1.29 is 47.8 Å². The minimum atomic E-state index is -4.63. The average molecular weight is 881 g/mol. The number of aliphatic hydroxyl groups excluding tert-OH is 2. The highest BCUT2D eigenvalue weighted by atomic mass is 31.2. The van der Waals surface area contributed by atoms with Crippen LogP contribution in [0.2, 0.25) is 0 Å². The van der Waals surface area contributed by atoms with E-state index in [0.29, 0.717) is 12.8 Å². The molecule has 0 aromatic rings. The van der Waals surface area contributed by atoms with Gasteiger partial charge in [-0.1, -0.05) is 177 Å². The molecule has 0 aromatic carbocycles. The fourth-order valence-electron chi connectivity index (χ4n) is 6.45. The van der Waals surface area contributed by atoms with E-state index in [1.54, 1.807) is 0 Å². The number of allylic oxidation sites excluding steroid dienone is 10. The molecule has 3 atom stereocenters. The molecule has 61 heavy (non-hydrogen) atoms. The van der Waals surface area contributed by atoms with E-state index in [1.165, 1.54) is 96.3 Å². The lowest BCUT2D eigenvalue weighted by atomic mass is 10.1. The van der Waals surface area contributed by atoms with Gasteiger partial charge in [-0.05, 0) is 77.0 Å². The summed E-state index contributed by atoms with van der Waals surface area (Å²) in [6, 6.07) is 0. The van der Waals surface area contributed by atoms with Gasteiger partial charge in [0.2, 0.25) is 0 Å². The summed E-state index contributed by atoms with van der Waals surface area (Å²) in [4.78, 5) is 35.1. The van der Waals surface area contributed by atoms with Crippen LogP contribution in [0.25, 0.3) is 0 Å². The van der Waals surface area contributed by atoms with E-state index in [1.807, 2.05) is 0 Å². The zero-order valence-electron chi connectivity index (χ0n) is 38.6. The molecule has 0 aliphatic heterocycles. The first-order valence-electron chi connectivity index (χ1n) is 24.2. The summed E-state index contributed by atoms with van der Waals surface area (Å²) in [5, 5.41) is 18.4. The number of ether oxygens (including phenoxy) is 2. The summed E-state index contributed by atoms with van der Waals surface area (Å²) in [5.41, 5.74) is 0. The highest BCUT2D eigenvalue weighted by Gasteiger charge is 2.27. The number of rotatable bonds is 45. The number of phosphoric ester groups is 1. The number of phosphoric acid groups is 1. The minimum Gasteiger partial charge on any atom is -0.462 e. The molecule has 0 spiro atoms. The zero-order valence-corrected chi connectivity index (χ0v) is 39.5. The summed E-state index contributed by atoms with van der Waals surface area (Å²) < 4.78 is 32.8. The molecule has 3 unspecified atom stereocenters. The largest absolute Gasteiger partial charge is 0.472 e. The summed E-state index contributed by atoms with van der Waals surface area (Å²) in [6.45, 7) is 2.25. The van der Waals surface area contributed by atoms with Crippen LogP contribution in [-0.2, 0) is 32.7 Å². The maximum atomic E-state index is 12.6. The van der Waals surface area contributed by atoms with Gasteiger partial charge in [0.25, 0.3) is 0 Å². The third-order valence-corrected chi connectivity index (χ3v) is 11.1. The normalized spacial score (nSPS) is 14.2. The van der Waals surface area contributed by atoms with Crippen LogP contribution < -0.4 is 0 Å². The second-order valence-electron chi connectivity index (χ2n) is 16.1. The van der Waals surface area contributed by atoms with Crippen LogP contribution in [0.3, 0.4) is 0 Å². The van der Waals surface area contributed by atoms with Gasteiger partial charge in [-0.2, -0.15) is 0 Å². The van der Waals surface area contributed by atoms with Crippen LogP contribution in [0, 0.1) is 0 Å². The van der Waals surface area contributed by atoms with Gasteiger partial charge in [0, 0.05) is 12.8 Å². The average Bonchev–Trinajstić information content (AvgIpc) is 3.25. The van der Waals surface area contributed by atoms with Gasteiger partial charge in [-0.3, -0.25) is 18.6 Å². The Morgan fingerprint density at radius 2 is 0.902 bits per heavy atom. The second-order valence-corrected chi connectivity index (χ2v) is 17.6. The van der Waals surface area contributed by atoms with Crippen LogP contribution in [0.1, 0.15) is 206 Å². The quantitative estimate of drug-likeness (QED) is 0.0233. The van der Waals surface area contributed by atoms with E-state index in [-0.39, 0.29) is 19.4 Å². The number of carbonyl (C=O) groups excluding carboxylic acids is 2. The molecule has 0 rings (SSSR count). The van der Waals surface area contributed by atoms with Gasteiger partial charge >= 0.3 is 19.8 Å². The molecule has 10 nitrogen and oxygen atoms in total. The van der Waals surface area contributed by atoms with Crippen molar-refractivity contribution in [3.05, 3.63) is 60.8 Å². The summed E-state index contributed by atoms with van der Waals surface area (Å²) >= 11 is 0. The minimum absolute atomic E-state index is 0.154. The van der Waals surface area contributed by atoms with Gasteiger partial charge in [-0.25, -0.2) is 4.57 Å². The first-order valence-corrected chi connectivity index (χ1v) is 25.7. The van der Waals surface area contributed by atoms with Gasteiger partial charge in [0.15, 0.2) is 6.10 Å². The lowest BCUT2D eigenvalue weighted by molar-refractivity contribution is -0.161. The third-order valence-electron chi connectivity index (χ3n) is 10.2. The molecule has 0 amide bonds. The molecule has 0 saturated heterocycles. The van der Waals surface area contributed by atoms with Crippen molar-refractivity contribution in [3.8, 4) is 0 Å². The molecular weight excluding hydrogens is 792 g/mol. The molecule has 0 heterocycles. The van der Waals surface area contributed by atoms with E-state index in [0.717, 1.165) is 70.6 Å². The summed E-state index contributed by atoms with van der Waals surface area (Å²) in [6.07, 6.45) is 51.9. The molecule has 11 heteroatoms. The predicted molar refractivity (Wildman–Crippen MR) is 251 cm³/mol. The molecule has 0 radical (unpaired) electrons. The van der Waals surface area contributed by atoms with Crippen molar-refractivity contribution in [2.75, 3.05) is 26.4 Å². The molecule has 0 saturated carbocycles. The van der Waals surface area contributed by atoms with E-state index in [2.05, 4.69) is 74.6 Å². The summed E-state index contributed by atoms with van der Waals surface area (Å²) in [5.74, 6) is -0.954. The van der Waals surface area contributed by atoms with Crippen molar-refractivity contribution in [1.82, 2.24) is 0 Å². The first kappa shape index (κ1) is 58.7. The van der Waals surface area contributed by atoms with Gasteiger partial charge in [0.1, 0.15) is 12.7 Å². The maximum Gasteiger partial charge on any atom is 0.472 e. The van der Waals surface area contributed by atoms with E-state index >= 15 is 0 Å². The zero-order chi connectivity index (χ0) is 44.8. The van der Waals surface area contributed by atoms with Crippen LogP contribution >= 0.6 is 7.82 Å². The van der Waals surface area contributed by atoms with Crippen LogP contribution in [-0.4, -0.2) is 65.7 Å². The van der Waals surface area contributed by atoms with Gasteiger partial charge in [-0.15, -0.1) is 0 Å². The Hall–Kier alpha value is -2.33. The second kappa shape index (κ2) is 45.7. The van der Waals surface area contributed by atoms with Crippen molar-refractivity contribution in [1.29, 1.82) is 0 Å². The Balaban J connectivity index is 4.24. The van der Waals surface area contributed by atoms with Crippen molar-refractivity contribution >= 4 is 19.8 Å². The number of hydrogen-bond acceptors (Lipinski definition) is 9. The lowest BCUT2D eigenvalue weighted by Crippen LogP contribution is -2.29. The smallest absolute Gasteiger partial charge is 0.462 e. The SMILES string of the molecule is CC/C=C\C/C=C\C/C=C\C/C=C\CCCCCCC(=O)OC(COC(=O)CCCCCCCCCCC/C=C\CCCCCCCCCC)COP(=O)(O)OCC(O)CO. The standard InChI is InChI=1S/C50H89O10P/c1-3-5-7-9-11-13-15-17-19-21-22-23-24-26-27-29-31-33-35-37-39-41-49(53)57-45-48(46-59-61(55,56)58-44-47(52)43-51)60-50(54)42-40-38-36-34-32-30-28-25-20-18-16-14-12-10-8-6-4-2/h6,8,12,14,18,20-22,28,30,47-48,51-52H,3-5,7,9-11,13,15-17,19,23-27,29,31-46H2,1-2H3,(H,55,56)/b8-6-,14-12-,20-18-,22-21-,30-28-.